The normalized spacial score (nSPS) is 15.1. The molecule has 2 heterocycles. The van der Waals surface area contributed by atoms with E-state index in [1.807, 2.05) is 37.3 Å². The number of ether oxygens (including phenoxy) is 1. The smallest absolute Gasteiger partial charge is 0.224 e. The Morgan fingerprint density at radius 2 is 1.94 bits per heavy atom. The molecule has 9 nitrogen and oxygen atoms in total. The first-order valence-electron chi connectivity index (χ1n) is 12.2. The van der Waals surface area contributed by atoms with E-state index in [4.69, 9.17) is 20.9 Å². The van der Waals surface area contributed by atoms with E-state index in [0.29, 0.717) is 41.3 Å². The number of benzene rings is 1. The highest BCUT2D eigenvalue weighted by Gasteiger charge is 2.33. The molecule has 3 rings (SSSR count). The van der Waals surface area contributed by atoms with Crippen LogP contribution < -0.4 is 16.0 Å². The number of amidine groups is 1. The quantitative estimate of drug-likeness (QED) is 0.231. The molecule has 1 amide bonds. The number of nitrogens with zero attached hydrogens (tertiary/aromatic N) is 4. The van der Waals surface area contributed by atoms with Crippen molar-refractivity contribution in [2.24, 2.45) is 16.6 Å². The molecule has 1 fully saturated rings. The van der Waals surface area contributed by atoms with Crippen LogP contribution in [-0.4, -0.2) is 53.2 Å². The van der Waals surface area contributed by atoms with Crippen LogP contribution in [0.4, 0.5) is 17.3 Å². The second kappa shape index (κ2) is 12.3. The lowest BCUT2D eigenvalue weighted by Crippen LogP contribution is -2.43. The summed E-state index contributed by atoms with van der Waals surface area (Å²) in [5.74, 6) is 2.09. The largest absolute Gasteiger partial charge is 0.387 e. The van der Waals surface area contributed by atoms with Gasteiger partial charge in [-0.05, 0) is 75.6 Å². The Balaban J connectivity index is 1.84. The molecule has 0 spiro atoms. The van der Waals surface area contributed by atoms with Crippen LogP contribution in [0.1, 0.15) is 53.4 Å². The van der Waals surface area contributed by atoms with Crippen molar-refractivity contribution in [1.29, 1.82) is 5.41 Å². The number of hydrogen-bond acceptors (Lipinski definition) is 8. The lowest BCUT2D eigenvalue weighted by molar-refractivity contribution is -0.115. The van der Waals surface area contributed by atoms with Gasteiger partial charge < -0.3 is 26.1 Å². The maximum atomic E-state index is 11.6. The minimum absolute atomic E-state index is 0.0238. The first-order chi connectivity index (χ1) is 17.1. The second-order valence-corrected chi connectivity index (χ2v) is 10.6. The number of carbonyl (C=O) groups excluding carboxylic acids is 1. The van der Waals surface area contributed by atoms with Crippen LogP contribution in [0.25, 0.3) is 0 Å². The van der Waals surface area contributed by atoms with E-state index in [9.17, 15) is 4.79 Å². The zero-order chi connectivity index (χ0) is 26.3. The number of aromatic nitrogens is 2. The molecule has 1 saturated heterocycles. The molecule has 0 unspecified atom stereocenters. The summed E-state index contributed by atoms with van der Waals surface area (Å²) in [5, 5.41) is 11.1. The number of nitrogens with two attached hydrogens (primary N) is 1. The summed E-state index contributed by atoms with van der Waals surface area (Å²) in [5.41, 5.74) is 7.11. The summed E-state index contributed by atoms with van der Waals surface area (Å²) in [6.07, 6.45) is 2.74. The topological polar surface area (TPSA) is 130 Å². The van der Waals surface area contributed by atoms with Crippen molar-refractivity contribution in [1.82, 2.24) is 9.97 Å². The van der Waals surface area contributed by atoms with Gasteiger partial charge in [0.2, 0.25) is 5.91 Å². The molecule has 1 aromatic heterocycles. The van der Waals surface area contributed by atoms with Gasteiger partial charge in [-0.1, -0.05) is 6.92 Å². The Kier molecular flexibility index (Phi) is 9.44. The van der Waals surface area contributed by atoms with E-state index in [2.05, 4.69) is 34.0 Å². The highest BCUT2D eigenvalue weighted by Crippen LogP contribution is 2.34. The fourth-order valence-electron chi connectivity index (χ4n) is 4.06. The van der Waals surface area contributed by atoms with Gasteiger partial charge in [0, 0.05) is 55.4 Å². The van der Waals surface area contributed by atoms with Gasteiger partial charge in [-0.25, -0.2) is 15.0 Å². The molecule has 194 valence electrons. The van der Waals surface area contributed by atoms with Crippen LogP contribution >= 0.6 is 11.8 Å². The van der Waals surface area contributed by atoms with Crippen molar-refractivity contribution in [2.75, 3.05) is 30.4 Å². The Bertz CT molecular complexity index is 1090. The molecule has 1 aromatic carbocycles. The maximum Gasteiger partial charge on any atom is 0.224 e. The number of nitrogens with one attached hydrogen (secondary N) is 2. The van der Waals surface area contributed by atoms with Gasteiger partial charge in [0.1, 0.15) is 11.7 Å². The number of hydrogen-bond donors (Lipinski definition) is 3. The molecule has 36 heavy (non-hydrogen) atoms. The van der Waals surface area contributed by atoms with E-state index in [1.165, 1.54) is 11.8 Å². The van der Waals surface area contributed by atoms with Crippen LogP contribution in [0.15, 0.2) is 45.4 Å². The summed E-state index contributed by atoms with van der Waals surface area (Å²) in [7, 11) is 1.77. The van der Waals surface area contributed by atoms with Crippen molar-refractivity contribution >= 4 is 46.5 Å². The summed E-state index contributed by atoms with van der Waals surface area (Å²) in [6, 6.07) is 9.46. The Morgan fingerprint density at radius 1 is 1.28 bits per heavy atom. The Labute approximate surface area is 217 Å². The molecule has 4 N–H and O–H groups in total. The van der Waals surface area contributed by atoms with E-state index in [1.54, 1.807) is 14.0 Å². The predicted molar refractivity (Wildman–Crippen MR) is 147 cm³/mol. The molecular weight excluding hydrogens is 474 g/mol. The monoisotopic (exact) mass is 511 g/mol. The van der Waals surface area contributed by atoms with Crippen molar-refractivity contribution in [3.63, 3.8) is 0 Å². The van der Waals surface area contributed by atoms with Gasteiger partial charge in [0.05, 0.1) is 5.60 Å². The highest BCUT2D eigenvalue weighted by molar-refractivity contribution is 7.99. The summed E-state index contributed by atoms with van der Waals surface area (Å²) >= 11 is 1.43. The average molecular weight is 512 g/mol. The van der Waals surface area contributed by atoms with Gasteiger partial charge in [-0.15, -0.1) is 0 Å². The number of amides is 1. The van der Waals surface area contributed by atoms with Crippen LogP contribution in [0.3, 0.4) is 0 Å². The molecule has 0 bridgehead atoms. The van der Waals surface area contributed by atoms with Gasteiger partial charge in [0.25, 0.3) is 0 Å². The number of piperidine rings is 1. The molecule has 2 aromatic rings. The van der Waals surface area contributed by atoms with Crippen LogP contribution in [0.2, 0.25) is 0 Å². The van der Waals surface area contributed by atoms with Crippen molar-refractivity contribution < 1.29 is 9.53 Å². The van der Waals surface area contributed by atoms with Crippen molar-refractivity contribution in [3.8, 4) is 0 Å². The SMILES string of the molecule is CCC(=O)Nc1ccc(Sc2nc(N=C(N)CC(C)=N)cc(N3CCC(C(C)(C)OC)CC3)n2)cc1. The third-order valence-corrected chi connectivity index (χ3v) is 7.25. The van der Waals surface area contributed by atoms with Crippen LogP contribution in [0.5, 0.6) is 0 Å². The molecule has 0 saturated carbocycles. The summed E-state index contributed by atoms with van der Waals surface area (Å²) in [4.78, 5) is 28.8. The lowest BCUT2D eigenvalue weighted by Gasteiger charge is -2.40. The third-order valence-electron chi connectivity index (χ3n) is 6.38. The van der Waals surface area contributed by atoms with Crippen molar-refractivity contribution in [3.05, 3.63) is 30.3 Å². The summed E-state index contributed by atoms with van der Waals surface area (Å²) < 4.78 is 5.71. The van der Waals surface area contributed by atoms with Gasteiger partial charge in [0.15, 0.2) is 11.0 Å². The highest BCUT2D eigenvalue weighted by atomic mass is 32.2. The zero-order valence-corrected chi connectivity index (χ0v) is 22.6. The maximum absolute atomic E-state index is 11.6. The van der Waals surface area contributed by atoms with Gasteiger partial charge in [-0.2, -0.15) is 0 Å². The third kappa shape index (κ3) is 7.76. The number of carbonyl (C=O) groups is 1. The Morgan fingerprint density at radius 3 is 2.53 bits per heavy atom. The van der Waals surface area contributed by atoms with E-state index >= 15 is 0 Å². The average Bonchev–Trinajstić information content (AvgIpc) is 2.84. The minimum Gasteiger partial charge on any atom is -0.387 e. The minimum atomic E-state index is -0.157. The fourth-order valence-corrected chi connectivity index (χ4v) is 4.82. The molecular formula is C26H37N7O2S. The number of aliphatic imine (C=N–C) groups is 1. The molecule has 0 aliphatic carbocycles. The van der Waals surface area contributed by atoms with Crippen molar-refractivity contribution in [2.45, 2.75) is 69.0 Å². The fraction of sp³-hybridized carbons (Fsp3) is 0.500. The molecule has 0 atom stereocenters. The summed E-state index contributed by atoms with van der Waals surface area (Å²) in [6.45, 7) is 9.54. The molecule has 0 radical (unpaired) electrons. The van der Waals surface area contributed by atoms with E-state index in [0.717, 1.165) is 42.3 Å². The van der Waals surface area contributed by atoms with Crippen LogP contribution in [-0.2, 0) is 9.53 Å². The number of anilines is 2. The lowest BCUT2D eigenvalue weighted by atomic mass is 9.83. The van der Waals surface area contributed by atoms with Gasteiger partial charge in [-0.3, -0.25) is 4.79 Å². The number of rotatable bonds is 10. The standard InChI is InChI=1S/C26H37N7O2S/c1-6-24(34)29-19-7-9-20(10-8-19)36-25-31-22(30-21(28)15-17(2)27)16-23(32-25)33-13-11-18(12-14-33)26(3,4)35-5/h7-10,16,18,27H,6,11-15H2,1-5H3,(H,29,34)(H2,28,30,31,32). The zero-order valence-electron chi connectivity index (χ0n) is 21.8. The number of methoxy groups -OCH3 is 1. The molecule has 10 heteroatoms. The molecule has 1 aliphatic heterocycles. The Hall–Kier alpha value is -2.98. The molecule has 1 aliphatic rings. The first kappa shape index (κ1) is 27.6. The first-order valence-corrected chi connectivity index (χ1v) is 13.0. The van der Waals surface area contributed by atoms with E-state index < -0.39 is 0 Å². The van der Waals surface area contributed by atoms with Gasteiger partial charge >= 0.3 is 0 Å². The predicted octanol–water partition coefficient (Wildman–Crippen LogP) is 5.04. The van der Waals surface area contributed by atoms with E-state index in [-0.39, 0.29) is 11.5 Å². The van der Waals surface area contributed by atoms with Crippen LogP contribution in [0, 0.1) is 11.3 Å². The second-order valence-electron chi connectivity index (χ2n) is 9.52.